The van der Waals surface area contributed by atoms with Gasteiger partial charge in [0.1, 0.15) is 5.56 Å². The van der Waals surface area contributed by atoms with Crippen LogP contribution in [0.3, 0.4) is 0 Å². The molecule has 0 aromatic carbocycles. The molecular formula is C12H12N4O2. The first-order valence-corrected chi connectivity index (χ1v) is 5.33. The van der Waals surface area contributed by atoms with Gasteiger partial charge in [0, 0.05) is 26.0 Å². The SMILES string of the molecule is CN(Cc1cccnc1)c1nnccc1C(=O)O. The van der Waals surface area contributed by atoms with Crippen molar-refractivity contribution in [1.82, 2.24) is 15.2 Å². The fourth-order valence-corrected chi connectivity index (χ4v) is 1.61. The van der Waals surface area contributed by atoms with E-state index in [1.807, 2.05) is 12.1 Å². The van der Waals surface area contributed by atoms with Gasteiger partial charge in [0.25, 0.3) is 0 Å². The molecule has 0 saturated heterocycles. The lowest BCUT2D eigenvalue weighted by atomic mass is 10.2. The summed E-state index contributed by atoms with van der Waals surface area (Å²) < 4.78 is 0. The molecule has 0 spiro atoms. The molecule has 2 heterocycles. The highest BCUT2D eigenvalue weighted by atomic mass is 16.4. The standard InChI is InChI=1S/C12H12N4O2/c1-16(8-9-3-2-5-13-7-9)11-10(12(17)18)4-6-14-15-11/h2-7H,8H2,1H3,(H,17,18). The number of nitrogens with zero attached hydrogens (tertiary/aromatic N) is 4. The van der Waals surface area contributed by atoms with Gasteiger partial charge in [-0.05, 0) is 17.7 Å². The number of carbonyl (C=O) groups is 1. The van der Waals surface area contributed by atoms with Crippen LogP contribution in [0.2, 0.25) is 0 Å². The minimum atomic E-state index is -1.02. The lowest BCUT2D eigenvalue weighted by molar-refractivity contribution is 0.0697. The number of pyridine rings is 1. The monoisotopic (exact) mass is 244 g/mol. The van der Waals surface area contributed by atoms with Crippen LogP contribution in [0.1, 0.15) is 15.9 Å². The lowest BCUT2D eigenvalue weighted by Gasteiger charge is -2.18. The van der Waals surface area contributed by atoms with Gasteiger partial charge in [0.15, 0.2) is 5.82 Å². The van der Waals surface area contributed by atoms with Crippen LogP contribution in [-0.2, 0) is 6.54 Å². The van der Waals surface area contributed by atoms with Crippen molar-refractivity contribution in [2.24, 2.45) is 0 Å². The molecule has 1 N–H and O–H groups in total. The zero-order chi connectivity index (χ0) is 13.0. The van der Waals surface area contributed by atoms with Crippen molar-refractivity contribution in [3.63, 3.8) is 0 Å². The Morgan fingerprint density at radius 1 is 1.39 bits per heavy atom. The van der Waals surface area contributed by atoms with Crippen molar-refractivity contribution in [2.45, 2.75) is 6.54 Å². The molecule has 0 aliphatic heterocycles. The van der Waals surface area contributed by atoms with Crippen molar-refractivity contribution < 1.29 is 9.90 Å². The lowest BCUT2D eigenvalue weighted by Crippen LogP contribution is -2.21. The maximum absolute atomic E-state index is 11.1. The maximum Gasteiger partial charge on any atom is 0.339 e. The maximum atomic E-state index is 11.1. The first-order chi connectivity index (χ1) is 8.68. The molecule has 0 unspecified atom stereocenters. The number of hydrogen-bond donors (Lipinski definition) is 1. The molecular weight excluding hydrogens is 232 g/mol. The summed E-state index contributed by atoms with van der Waals surface area (Å²) in [6, 6.07) is 5.18. The predicted molar refractivity (Wildman–Crippen MR) is 65.3 cm³/mol. The fourth-order valence-electron chi connectivity index (χ4n) is 1.61. The third kappa shape index (κ3) is 2.60. The molecule has 6 nitrogen and oxygen atoms in total. The van der Waals surface area contributed by atoms with Crippen LogP contribution in [0.15, 0.2) is 36.8 Å². The van der Waals surface area contributed by atoms with E-state index in [1.54, 1.807) is 24.3 Å². The van der Waals surface area contributed by atoms with Crippen molar-refractivity contribution in [3.8, 4) is 0 Å². The van der Waals surface area contributed by atoms with Crippen molar-refractivity contribution in [2.75, 3.05) is 11.9 Å². The van der Waals surface area contributed by atoms with Gasteiger partial charge in [0.05, 0.1) is 6.20 Å². The van der Waals surface area contributed by atoms with Crippen LogP contribution in [0.5, 0.6) is 0 Å². The van der Waals surface area contributed by atoms with E-state index in [0.29, 0.717) is 12.4 Å². The zero-order valence-corrected chi connectivity index (χ0v) is 9.82. The molecule has 2 aromatic heterocycles. The number of hydrogen-bond acceptors (Lipinski definition) is 5. The summed E-state index contributed by atoms with van der Waals surface area (Å²) in [5.74, 6) is -0.674. The van der Waals surface area contributed by atoms with Gasteiger partial charge < -0.3 is 10.0 Å². The van der Waals surface area contributed by atoms with E-state index in [0.717, 1.165) is 5.56 Å². The Morgan fingerprint density at radius 3 is 2.89 bits per heavy atom. The zero-order valence-electron chi connectivity index (χ0n) is 9.82. The number of carboxylic acids is 1. The molecule has 0 amide bonds. The minimum Gasteiger partial charge on any atom is -0.478 e. The summed E-state index contributed by atoms with van der Waals surface area (Å²) in [5, 5.41) is 16.7. The Kier molecular flexibility index (Phi) is 3.47. The van der Waals surface area contributed by atoms with E-state index < -0.39 is 5.97 Å². The summed E-state index contributed by atoms with van der Waals surface area (Å²) >= 11 is 0. The van der Waals surface area contributed by atoms with Crippen LogP contribution in [-0.4, -0.2) is 33.3 Å². The molecule has 0 fully saturated rings. The van der Waals surface area contributed by atoms with Gasteiger partial charge in [-0.3, -0.25) is 4.98 Å². The van der Waals surface area contributed by atoms with Crippen LogP contribution < -0.4 is 4.90 Å². The van der Waals surface area contributed by atoms with E-state index in [-0.39, 0.29) is 5.56 Å². The Bertz CT molecular complexity index is 545. The Morgan fingerprint density at radius 2 is 2.22 bits per heavy atom. The molecule has 0 aliphatic rings. The smallest absolute Gasteiger partial charge is 0.339 e. The Balaban J connectivity index is 2.24. The highest BCUT2D eigenvalue weighted by molar-refractivity contribution is 5.92. The molecule has 2 aromatic rings. The molecule has 18 heavy (non-hydrogen) atoms. The average Bonchev–Trinajstić information content (AvgIpc) is 2.40. The first kappa shape index (κ1) is 12.0. The van der Waals surface area contributed by atoms with Gasteiger partial charge in [-0.1, -0.05) is 6.07 Å². The van der Waals surface area contributed by atoms with E-state index in [4.69, 9.17) is 5.11 Å². The van der Waals surface area contributed by atoms with Crippen molar-refractivity contribution in [1.29, 1.82) is 0 Å². The van der Waals surface area contributed by atoms with E-state index in [1.165, 1.54) is 12.3 Å². The number of aromatic carboxylic acids is 1. The van der Waals surface area contributed by atoms with E-state index in [2.05, 4.69) is 15.2 Å². The summed E-state index contributed by atoms with van der Waals surface area (Å²) in [5.41, 5.74) is 1.11. The molecule has 6 heteroatoms. The van der Waals surface area contributed by atoms with Gasteiger partial charge in [-0.2, -0.15) is 5.10 Å². The fraction of sp³-hybridized carbons (Fsp3) is 0.167. The van der Waals surface area contributed by atoms with Gasteiger partial charge in [0.2, 0.25) is 0 Å². The number of carboxylic acid groups (broad SMARTS) is 1. The normalized spacial score (nSPS) is 10.1. The van der Waals surface area contributed by atoms with Crippen molar-refractivity contribution in [3.05, 3.63) is 47.9 Å². The second-order valence-corrected chi connectivity index (χ2v) is 3.79. The predicted octanol–water partition coefficient (Wildman–Crippen LogP) is 1.21. The Labute approximate surface area is 104 Å². The molecule has 0 saturated carbocycles. The molecule has 0 atom stereocenters. The van der Waals surface area contributed by atoms with Crippen molar-refractivity contribution >= 4 is 11.8 Å². The molecule has 0 radical (unpaired) electrons. The van der Waals surface area contributed by atoms with Crippen LogP contribution in [0, 0.1) is 0 Å². The summed E-state index contributed by atoms with van der Waals surface area (Å²) in [6.07, 6.45) is 4.78. The first-order valence-electron chi connectivity index (χ1n) is 5.33. The minimum absolute atomic E-state index is 0.136. The van der Waals surface area contributed by atoms with Crippen LogP contribution >= 0.6 is 0 Å². The summed E-state index contributed by atoms with van der Waals surface area (Å²) in [6.45, 7) is 0.521. The van der Waals surface area contributed by atoms with E-state index in [9.17, 15) is 4.79 Å². The van der Waals surface area contributed by atoms with E-state index >= 15 is 0 Å². The second-order valence-electron chi connectivity index (χ2n) is 3.79. The molecule has 0 bridgehead atoms. The topological polar surface area (TPSA) is 79.2 Å². The molecule has 0 aliphatic carbocycles. The largest absolute Gasteiger partial charge is 0.478 e. The molecule has 92 valence electrons. The molecule has 2 rings (SSSR count). The van der Waals surface area contributed by atoms with Gasteiger partial charge in [-0.15, -0.1) is 5.10 Å². The number of anilines is 1. The second kappa shape index (κ2) is 5.22. The summed E-state index contributed by atoms with van der Waals surface area (Å²) in [7, 11) is 1.77. The number of aromatic nitrogens is 3. The number of rotatable bonds is 4. The third-order valence-electron chi connectivity index (χ3n) is 2.44. The quantitative estimate of drug-likeness (QED) is 0.870. The van der Waals surface area contributed by atoms with Crippen LogP contribution in [0.4, 0.5) is 5.82 Å². The Hall–Kier alpha value is -2.50. The average molecular weight is 244 g/mol. The van der Waals surface area contributed by atoms with Gasteiger partial charge in [-0.25, -0.2) is 4.79 Å². The highest BCUT2D eigenvalue weighted by Crippen LogP contribution is 2.16. The highest BCUT2D eigenvalue weighted by Gasteiger charge is 2.15. The van der Waals surface area contributed by atoms with Gasteiger partial charge >= 0.3 is 5.97 Å². The third-order valence-corrected chi connectivity index (χ3v) is 2.44. The summed E-state index contributed by atoms with van der Waals surface area (Å²) in [4.78, 5) is 16.8. The van der Waals surface area contributed by atoms with Crippen LogP contribution in [0.25, 0.3) is 0 Å².